The molecule has 18 heavy (non-hydrogen) atoms. The minimum absolute atomic E-state index is 0.0125. The first-order chi connectivity index (χ1) is 8.52. The summed E-state index contributed by atoms with van der Waals surface area (Å²) in [6.07, 6.45) is 0.662. The Bertz CT molecular complexity index is 426. The number of ether oxygens (including phenoxy) is 1. The fraction of sp³-hybridized carbons (Fsp3) is 0.462. The molecule has 1 heterocycles. The lowest BCUT2D eigenvalue weighted by molar-refractivity contribution is -0.157. The summed E-state index contributed by atoms with van der Waals surface area (Å²) < 4.78 is 5.35. The number of carbonyl (C=O) groups is 1. The highest BCUT2D eigenvalue weighted by atomic mass is 35.5. The van der Waals surface area contributed by atoms with Gasteiger partial charge in [0.25, 0.3) is 5.91 Å². The minimum Gasteiger partial charge on any atom is -0.484 e. The molecule has 1 fully saturated rings. The number of hydrogen-bond donors (Lipinski definition) is 1. The van der Waals surface area contributed by atoms with E-state index in [4.69, 9.17) is 16.3 Å². The zero-order valence-corrected chi connectivity index (χ0v) is 11.0. The monoisotopic (exact) mass is 269 g/mol. The molecule has 0 saturated carbocycles. The molecule has 1 aromatic carbocycles. The van der Waals surface area contributed by atoms with Gasteiger partial charge >= 0.3 is 0 Å². The van der Waals surface area contributed by atoms with Gasteiger partial charge in [0.2, 0.25) is 0 Å². The van der Waals surface area contributed by atoms with Crippen LogP contribution in [0.4, 0.5) is 0 Å². The van der Waals surface area contributed by atoms with Crippen LogP contribution in [0.3, 0.4) is 0 Å². The molecule has 0 unspecified atom stereocenters. The maximum absolute atomic E-state index is 11.7. The van der Waals surface area contributed by atoms with Crippen LogP contribution in [-0.2, 0) is 4.79 Å². The molecule has 0 bridgehead atoms. The largest absolute Gasteiger partial charge is 0.484 e. The molecule has 4 nitrogen and oxygen atoms in total. The molecule has 1 aliphatic heterocycles. The first-order valence-electron chi connectivity index (χ1n) is 5.91. The van der Waals surface area contributed by atoms with Crippen molar-refractivity contribution < 1.29 is 14.6 Å². The molecule has 0 aromatic heterocycles. The Morgan fingerprint density at radius 1 is 1.44 bits per heavy atom. The van der Waals surface area contributed by atoms with Crippen molar-refractivity contribution in [2.24, 2.45) is 0 Å². The maximum Gasteiger partial charge on any atom is 0.260 e. The fourth-order valence-electron chi connectivity index (χ4n) is 1.83. The van der Waals surface area contributed by atoms with E-state index in [2.05, 4.69) is 0 Å². The van der Waals surface area contributed by atoms with Crippen LogP contribution < -0.4 is 4.74 Å². The van der Waals surface area contributed by atoms with E-state index in [9.17, 15) is 9.90 Å². The zero-order chi connectivity index (χ0) is 13.2. The van der Waals surface area contributed by atoms with Crippen molar-refractivity contribution in [1.82, 2.24) is 4.90 Å². The Hall–Kier alpha value is -1.26. The topological polar surface area (TPSA) is 49.8 Å². The van der Waals surface area contributed by atoms with E-state index in [1.54, 1.807) is 29.2 Å². The number of halogens is 1. The van der Waals surface area contributed by atoms with E-state index in [1.165, 1.54) is 0 Å². The lowest BCUT2D eigenvalue weighted by Crippen LogP contribution is -2.63. The maximum atomic E-state index is 11.7. The number of nitrogens with zero attached hydrogens (tertiary/aromatic N) is 1. The lowest BCUT2D eigenvalue weighted by atomic mass is 9.91. The number of hydrogen-bond acceptors (Lipinski definition) is 3. The van der Waals surface area contributed by atoms with Crippen LogP contribution in [0.15, 0.2) is 24.3 Å². The van der Waals surface area contributed by atoms with Gasteiger partial charge in [-0.1, -0.05) is 18.5 Å². The van der Waals surface area contributed by atoms with Gasteiger partial charge in [0.1, 0.15) is 5.75 Å². The number of likely N-dealkylation sites (tertiary alicyclic amines) is 1. The average molecular weight is 270 g/mol. The quantitative estimate of drug-likeness (QED) is 0.905. The highest BCUT2D eigenvalue weighted by Gasteiger charge is 2.41. The molecule has 1 amide bonds. The van der Waals surface area contributed by atoms with Crippen molar-refractivity contribution in [3.8, 4) is 5.75 Å². The molecule has 1 aliphatic rings. The van der Waals surface area contributed by atoms with Crippen LogP contribution >= 0.6 is 11.6 Å². The molecular formula is C13H16ClNO3. The first-order valence-corrected chi connectivity index (χ1v) is 6.29. The average Bonchev–Trinajstić information content (AvgIpc) is 2.34. The molecule has 0 aliphatic carbocycles. The smallest absolute Gasteiger partial charge is 0.260 e. The van der Waals surface area contributed by atoms with Crippen LogP contribution in [0.2, 0.25) is 5.02 Å². The molecule has 1 aromatic rings. The standard InChI is InChI=1S/C13H16ClNO3/c1-2-13(17)8-15(9-13)12(16)7-18-11-5-3-10(14)4-6-11/h3-6,17H,2,7-9H2,1H3. The van der Waals surface area contributed by atoms with Gasteiger partial charge < -0.3 is 14.7 Å². The summed E-state index contributed by atoms with van der Waals surface area (Å²) in [7, 11) is 0. The fourth-order valence-corrected chi connectivity index (χ4v) is 1.96. The van der Waals surface area contributed by atoms with Crippen molar-refractivity contribution in [1.29, 1.82) is 0 Å². The number of aliphatic hydroxyl groups is 1. The Morgan fingerprint density at radius 3 is 2.61 bits per heavy atom. The van der Waals surface area contributed by atoms with Gasteiger partial charge in [-0.2, -0.15) is 0 Å². The number of rotatable bonds is 4. The van der Waals surface area contributed by atoms with Gasteiger partial charge in [-0.25, -0.2) is 0 Å². The van der Waals surface area contributed by atoms with Crippen LogP contribution in [0.25, 0.3) is 0 Å². The van der Waals surface area contributed by atoms with Crippen LogP contribution in [0.5, 0.6) is 5.75 Å². The van der Waals surface area contributed by atoms with Crippen molar-refractivity contribution in [2.75, 3.05) is 19.7 Å². The van der Waals surface area contributed by atoms with Crippen molar-refractivity contribution in [3.63, 3.8) is 0 Å². The van der Waals surface area contributed by atoms with Gasteiger partial charge in [-0.3, -0.25) is 4.79 Å². The van der Waals surface area contributed by atoms with Crippen LogP contribution in [-0.4, -0.2) is 41.2 Å². The summed E-state index contributed by atoms with van der Waals surface area (Å²) in [5.74, 6) is 0.502. The van der Waals surface area contributed by atoms with E-state index in [0.29, 0.717) is 30.3 Å². The first kappa shape index (κ1) is 13.2. The second-order valence-corrected chi connectivity index (χ2v) is 5.01. The van der Waals surface area contributed by atoms with E-state index in [0.717, 1.165) is 0 Å². The van der Waals surface area contributed by atoms with E-state index < -0.39 is 5.60 Å². The molecular weight excluding hydrogens is 254 g/mol. The molecule has 1 N–H and O–H groups in total. The van der Waals surface area contributed by atoms with Crippen molar-refractivity contribution >= 4 is 17.5 Å². The number of carbonyl (C=O) groups excluding carboxylic acids is 1. The summed E-state index contributed by atoms with van der Waals surface area (Å²) in [5, 5.41) is 10.4. The third-order valence-electron chi connectivity index (χ3n) is 3.16. The number of amides is 1. The molecule has 0 radical (unpaired) electrons. The SMILES string of the molecule is CCC1(O)CN(C(=O)COc2ccc(Cl)cc2)C1. The Morgan fingerprint density at radius 2 is 2.06 bits per heavy atom. The Kier molecular flexibility index (Phi) is 3.78. The van der Waals surface area contributed by atoms with E-state index >= 15 is 0 Å². The molecule has 0 atom stereocenters. The second-order valence-electron chi connectivity index (χ2n) is 4.57. The van der Waals surface area contributed by atoms with Gasteiger partial charge in [0, 0.05) is 5.02 Å². The zero-order valence-electron chi connectivity index (χ0n) is 10.2. The van der Waals surface area contributed by atoms with Gasteiger partial charge in [-0.15, -0.1) is 0 Å². The highest BCUT2D eigenvalue weighted by molar-refractivity contribution is 6.30. The van der Waals surface area contributed by atoms with E-state index in [1.807, 2.05) is 6.92 Å². The molecule has 0 spiro atoms. The van der Waals surface area contributed by atoms with Crippen molar-refractivity contribution in [3.05, 3.63) is 29.3 Å². The predicted octanol–water partition coefficient (Wildman–Crippen LogP) is 1.70. The molecule has 2 rings (SSSR count). The lowest BCUT2D eigenvalue weighted by Gasteiger charge is -2.45. The Labute approximate surface area is 111 Å². The molecule has 5 heteroatoms. The number of benzene rings is 1. The second kappa shape index (κ2) is 5.16. The summed E-state index contributed by atoms with van der Waals surface area (Å²) >= 11 is 5.75. The van der Waals surface area contributed by atoms with Gasteiger partial charge in [0.05, 0.1) is 18.7 Å². The van der Waals surface area contributed by atoms with Crippen LogP contribution in [0.1, 0.15) is 13.3 Å². The Balaban J connectivity index is 1.78. The summed E-state index contributed by atoms with van der Waals surface area (Å²) in [6.45, 7) is 2.69. The third-order valence-corrected chi connectivity index (χ3v) is 3.41. The highest BCUT2D eigenvalue weighted by Crippen LogP contribution is 2.24. The summed E-state index contributed by atoms with van der Waals surface area (Å²) in [6, 6.07) is 6.85. The molecule has 98 valence electrons. The predicted molar refractivity (Wildman–Crippen MR) is 68.8 cm³/mol. The molecule has 1 saturated heterocycles. The van der Waals surface area contributed by atoms with Crippen LogP contribution in [0, 0.1) is 0 Å². The third kappa shape index (κ3) is 2.94. The van der Waals surface area contributed by atoms with E-state index in [-0.39, 0.29) is 12.5 Å². The van der Waals surface area contributed by atoms with Gasteiger partial charge in [-0.05, 0) is 30.7 Å². The van der Waals surface area contributed by atoms with Crippen molar-refractivity contribution in [2.45, 2.75) is 18.9 Å². The minimum atomic E-state index is -0.698. The normalized spacial score (nSPS) is 17.2. The van der Waals surface area contributed by atoms with Gasteiger partial charge in [0.15, 0.2) is 6.61 Å². The summed E-state index contributed by atoms with van der Waals surface area (Å²) in [4.78, 5) is 13.3. The number of β-amino-alcohol motifs (C(OH)–C–C–N with tert-alkyl or cyclic N) is 1. The summed E-state index contributed by atoms with van der Waals surface area (Å²) in [5.41, 5.74) is -0.698.